The molecule has 0 unspecified atom stereocenters. The maximum absolute atomic E-state index is 11.7. The summed E-state index contributed by atoms with van der Waals surface area (Å²) in [5.74, 6) is 0.0897. The summed E-state index contributed by atoms with van der Waals surface area (Å²) >= 11 is 0. The number of carbonyl (C=O) groups is 1. The highest BCUT2D eigenvalue weighted by atomic mass is 16.1. The number of hydrogen-bond acceptors (Lipinski definition) is 2. The number of aryl methyl sites for hydroxylation is 1. The van der Waals surface area contributed by atoms with Crippen LogP contribution in [0.15, 0.2) is 18.2 Å². The lowest BCUT2D eigenvalue weighted by atomic mass is 10.1. The lowest BCUT2D eigenvalue weighted by Crippen LogP contribution is -2.23. The van der Waals surface area contributed by atoms with Gasteiger partial charge in [0.15, 0.2) is 0 Å². The Morgan fingerprint density at radius 1 is 1.35 bits per heavy atom. The molecule has 1 aromatic rings. The Hall–Kier alpha value is -1.35. The molecule has 0 spiro atoms. The van der Waals surface area contributed by atoms with Crippen molar-refractivity contribution in [2.45, 2.75) is 39.2 Å². The lowest BCUT2D eigenvalue weighted by Gasteiger charge is -2.10. The van der Waals surface area contributed by atoms with Gasteiger partial charge in [0.1, 0.15) is 0 Å². The molecule has 3 heteroatoms. The molecule has 2 N–H and O–H groups in total. The SMILES string of the molecule is Cc1cccc(NC(=O)CCNC2CC2)c1C. The van der Waals surface area contributed by atoms with E-state index in [0.29, 0.717) is 12.5 Å². The summed E-state index contributed by atoms with van der Waals surface area (Å²) in [6.45, 7) is 4.87. The second-order valence-corrected chi connectivity index (χ2v) is 4.77. The zero-order chi connectivity index (χ0) is 12.3. The van der Waals surface area contributed by atoms with Gasteiger partial charge in [0.2, 0.25) is 5.91 Å². The normalized spacial score (nSPS) is 14.7. The van der Waals surface area contributed by atoms with Gasteiger partial charge < -0.3 is 10.6 Å². The maximum atomic E-state index is 11.7. The first-order valence-corrected chi connectivity index (χ1v) is 6.26. The van der Waals surface area contributed by atoms with Gasteiger partial charge >= 0.3 is 0 Å². The topological polar surface area (TPSA) is 41.1 Å². The molecule has 1 aromatic carbocycles. The molecule has 0 aromatic heterocycles. The first-order valence-electron chi connectivity index (χ1n) is 6.26. The summed E-state index contributed by atoms with van der Waals surface area (Å²) in [6, 6.07) is 6.65. The molecular weight excluding hydrogens is 212 g/mol. The fourth-order valence-electron chi connectivity index (χ4n) is 1.78. The van der Waals surface area contributed by atoms with Crippen LogP contribution in [0.5, 0.6) is 0 Å². The maximum Gasteiger partial charge on any atom is 0.225 e. The molecule has 1 aliphatic carbocycles. The van der Waals surface area contributed by atoms with Crippen LogP contribution >= 0.6 is 0 Å². The van der Waals surface area contributed by atoms with Crippen molar-refractivity contribution in [1.29, 1.82) is 0 Å². The van der Waals surface area contributed by atoms with Crippen LogP contribution in [0.4, 0.5) is 5.69 Å². The number of nitrogens with one attached hydrogen (secondary N) is 2. The van der Waals surface area contributed by atoms with Crippen LogP contribution in [0.2, 0.25) is 0 Å². The average Bonchev–Trinajstić information content (AvgIpc) is 3.09. The van der Waals surface area contributed by atoms with E-state index >= 15 is 0 Å². The van der Waals surface area contributed by atoms with E-state index in [2.05, 4.69) is 23.6 Å². The Bertz CT molecular complexity index is 411. The quantitative estimate of drug-likeness (QED) is 0.818. The van der Waals surface area contributed by atoms with Crippen molar-refractivity contribution < 1.29 is 4.79 Å². The van der Waals surface area contributed by atoms with Gasteiger partial charge in [0, 0.05) is 24.7 Å². The summed E-state index contributed by atoms with van der Waals surface area (Å²) in [7, 11) is 0. The first-order chi connectivity index (χ1) is 8.16. The van der Waals surface area contributed by atoms with Crippen molar-refractivity contribution >= 4 is 11.6 Å². The molecule has 2 rings (SSSR count). The Labute approximate surface area is 103 Å². The largest absolute Gasteiger partial charge is 0.326 e. The van der Waals surface area contributed by atoms with Crippen molar-refractivity contribution in [2.75, 3.05) is 11.9 Å². The van der Waals surface area contributed by atoms with Crippen molar-refractivity contribution in [1.82, 2.24) is 5.32 Å². The third-order valence-corrected chi connectivity index (χ3v) is 3.24. The van der Waals surface area contributed by atoms with Crippen LogP contribution in [0, 0.1) is 13.8 Å². The monoisotopic (exact) mass is 232 g/mol. The van der Waals surface area contributed by atoms with Crippen molar-refractivity contribution in [3.63, 3.8) is 0 Å². The summed E-state index contributed by atoms with van der Waals surface area (Å²) in [5.41, 5.74) is 3.29. The highest BCUT2D eigenvalue weighted by Crippen LogP contribution is 2.19. The molecule has 1 fully saturated rings. The smallest absolute Gasteiger partial charge is 0.225 e. The molecule has 1 amide bonds. The molecule has 0 bridgehead atoms. The zero-order valence-corrected chi connectivity index (χ0v) is 10.5. The van der Waals surface area contributed by atoms with Crippen molar-refractivity contribution in [3.05, 3.63) is 29.3 Å². The predicted molar refractivity (Wildman–Crippen MR) is 70.2 cm³/mol. The Morgan fingerprint density at radius 3 is 2.82 bits per heavy atom. The molecule has 0 radical (unpaired) electrons. The fraction of sp³-hybridized carbons (Fsp3) is 0.500. The molecular formula is C14H20N2O. The molecule has 0 aliphatic heterocycles. The van der Waals surface area contributed by atoms with E-state index in [0.717, 1.165) is 17.8 Å². The number of amides is 1. The van der Waals surface area contributed by atoms with Crippen LogP contribution in [0.3, 0.4) is 0 Å². The van der Waals surface area contributed by atoms with Gasteiger partial charge in [-0.05, 0) is 43.9 Å². The van der Waals surface area contributed by atoms with E-state index in [-0.39, 0.29) is 5.91 Å². The van der Waals surface area contributed by atoms with E-state index < -0.39 is 0 Å². The number of hydrogen-bond donors (Lipinski definition) is 2. The molecule has 17 heavy (non-hydrogen) atoms. The van der Waals surface area contributed by atoms with E-state index in [9.17, 15) is 4.79 Å². The highest BCUT2D eigenvalue weighted by molar-refractivity contribution is 5.91. The summed E-state index contributed by atoms with van der Waals surface area (Å²) in [4.78, 5) is 11.7. The van der Waals surface area contributed by atoms with Gasteiger partial charge in [0.05, 0.1) is 0 Å². The van der Waals surface area contributed by atoms with Gasteiger partial charge in [-0.3, -0.25) is 4.79 Å². The molecule has 1 aliphatic rings. The Kier molecular flexibility index (Phi) is 3.79. The minimum absolute atomic E-state index is 0.0897. The van der Waals surface area contributed by atoms with E-state index in [1.807, 2.05) is 19.1 Å². The lowest BCUT2D eigenvalue weighted by molar-refractivity contribution is -0.116. The summed E-state index contributed by atoms with van der Waals surface area (Å²) in [5, 5.41) is 6.30. The van der Waals surface area contributed by atoms with Gasteiger partial charge in [-0.25, -0.2) is 0 Å². The van der Waals surface area contributed by atoms with Gasteiger partial charge in [-0.15, -0.1) is 0 Å². The third kappa shape index (κ3) is 3.56. The average molecular weight is 232 g/mol. The van der Waals surface area contributed by atoms with Crippen LogP contribution in [-0.2, 0) is 4.79 Å². The van der Waals surface area contributed by atoms with Crippen LogP contribution in [-0.4, -0.2) is 18.5 Å². The summed E-state index contributed by atoms with van der Waals surface area (Å²) < 4.78 is 0. The third-order valence-electron chi connectivity index (χ3n) is 3.24. The predicted octanol–water partition coefficient (Wildman–Crippen LogP) is 2.38. The van der Waals surface area contributed by atoms with Crippen LogP contribution in [0.1, 0.15) is 30.4 Å². The Morgan fingerprint density at radius 2 is 2.12 bits per heavy atom. The van der Waals surface area contributed by atoms with E-state index in [1.165, 1.54) is 18.4 Å². The standard InChI is InChI=1S/C14H20N2O/c1-10-4-3-5-13(11(10)2)16-14(17)8-9-15-12-6-7-12/h3-5,12,15H,6-9H2,1-2H3,(H,16,17). The van der Waals surface area contributed by atoms with Gasteiger partial charge in [-0.2, -0.15) is 0 Å². The van der Waals surface area contributed by atoms with Gasteiger partial charge in [0.25, 0.3) is 0 Å². The molecule has 92 valence electrons. The first kappa shape index (κ1) is 12.1. The molecule has 0 atom stereocenters. The number of anilines is 1. The fourth-order valence-corrected chi connectivity index (χ4v) is 1.78. The molecule has 3 nitrogen and oxygen atoms in total. The highest BCUT2D eigenvalue weighted by Gasteiger charge is 2.20. The van der Waals surface area contributed by atoms with Crippen molar-refractivity contribution in [3.8, 4) is 0 Å². The molecule has 0 heterocycles. The van der Waals surface area contributed by atoms with E-state index in [4.69, 9.17) is 0 Å². The number of benzene rings is 1. The minimum atomic E-state index is 0.0897. The van der Waals surface area contributed by atoms with Crippen molar-refractivity contribution in [2.24, 2.45) is 0 Å². The van der Waals surface area contributed by atoms with E-state index in [1.54, 1.807) is 0 Å². The summed E-state index contributed by atoms with van der Waals surface area (Å²) in [6.07, 6.45) is 3.07. The zero-order valence-electron chi connectivity index (χ0n) is 10.5. The van der Waals surface area contributed by atoms with Crippen LogP contribution in [0.25, 0.3) is 0 Å². The second kappa shape index (κ2) is 5.32. The number of rotatable bonds is 5. The molecule has 1 saturated carbocycles. The van der Waals surface area contributed by atoms with Crippen LogP contribution < -0.4 is 10.6 Å². The van der Waals surface area contributed by atoms with Gasteiger partial charge in [-0.1, -0.05) is 12.1 Å². The Balaban J connectivity index is 1.82. The second-order valence-electron chi connectivity index (χ2n) is 4.77. The molecule has 0 saturated heterocycles. The minimum Gasteiger partial charge on any atom is -0.326 e. The number of carbonyl (C=O) groups excluding carboxylic acids is 1.